The summed E-state index contributed by atoms with van der Waals surface area (Å²) in [4.78, 5) is 13.9. The van der Waals surface area contributed by atoms with Gasteiger partial charge in [-0.05, 0) is 31.7 Å². The summed E-state index contributed by atoms with van der Waals surface area (Å²) in [7, 11) is -2.95. The number of nitrogens with one attached hydrogen (secondary N) is 1. The molecule has 0 aromatic carbocycles. The SMILES string of the molecule is CCN(C(=O)CCCc1cn[nH]c1)[C@H]1CCS(=O)(=O)C1. The molecule has 1 N–H and O–H groups in total. The van der Waals surface area contributed by atoms with Crippen LogP contribution in [-0.2, 0) is 21.1 Å². The van der Waals surface area contributed by atoms with Crippen molar-refractivity contribution in [2.45, 2.75) is 38.6 Å². The Hall–Kier alpha value is -1.37. The summed E-state index contributed by atoms with van der Waals surface area (Å²) < 4.78 is 23.0. The van der Waals surface area contributed by atoms with Crippen LogP contribution in [0.5, 0.6) is 0 Å². The first-order chi connectivity index (χ1) is 9.52. The van der Waals surface area contributed by atoms with Crippen LogP contribution in [0, 0.1) is 0 Å². The topological polar surface area (TPSA) is 83.1 Å². The average molecular weight is 299 g/mol. The number of H-pyrrole nitrogens is 1. The Balaban J connectivity index is 1.83. The number of hydrogen-bond acceptors (Lipinski definition) is 4. The predicted octanol–water partition coefficient (Wildman–Crippen LogP) is 0.768. The second kappa shape index (κ2) is 6.39. The van der Waals surface area contributed by atoms with Gasteiger partial charge in [0.2, 0.25) is 5.91 Å². The molecule has 1 saturated heterocycles. The maximum Gasteiger partial charge on any atom is 0.222 e. The molecule has 0 spiro atoms. The first kappa shape index (κ1) is 15.0. The van der Waals surface area contributed by atoms with Gasteiger partial charge in [0.25, 0.3) is 0 Å². The van der Waals surface area contributed by atoms with Crippen LogP contribution in [0.4, 0.5) is 0 Å². The van der Waals surface area contributed by atoms with E-state index in [2.05, 4.69) is 10.2 Å². The van der Waals surface area contributed by atoms with Crippen molar-refractivity contribution in [1.82, 2.24) is 15.1 Å². The quantitative estimate of drug-likeness (QED) is 0.841. The highest BCUT2D eigenvalue weighted by Crippen LogP contribution is 2.19. The van der Waals surface area contributed by atoms with E-state index in [1.165, 1.54) is 0 Å². The van der Waals surface area contributed by atoms with Crippen LogP contribution >= 0.6 is 0 Å². The largest absolute Gasteiger partial charge is 0.339 e. The van der Waals surface area contributed by atoms with Crippen molar-refractivity contribution in [2.24, 2.45) is 0 Å². The van der Waals surface area contributed by atoms with Gasteiger partial charge in [-0.2, -0.15) is 5.10 Å². The van der Waals surface area contributed by atoms with Crippen molar-refractivity contribution in [2.75, 3.05) is 18.1 Å². The minimum atomic E-state index is -2.95. The molecule has 1 aromatic heterocycles. The number of amides is 1. The number of carbonyl (C=O) groups is 1. The molecule has 1 atom stereocenters. The average Bonchev–Trinajstić information content (AvgIpc) is 3.00. The number of hydrogen-bond donors (Lipinski definition) is 1. The summed E-state index contributed by atoms with van der Waals surface area (Å²) in [6, 6.07) is -0.133. The van der Waals surface area contributed by atoms with Crippen molar-refractivity contribution < 1.29 is 13.2 Å². The van der Waals surface area contributed by atoms with Crippen LogP contribution in [0.15, 0.2) is 12.4 Å². The predicted molar refractivity (Wildman–Crippen MR) is 76.0 cm³/mol. The molecule has 0 saturated carbocycles. The summed E-state index contributed by atoms with van der Waals surface area (Å²) in [6.07, 6.45) is 6.17. The highest BCUT2D eigenvalue weighted by molar-refractivity contribution is 7.91. The fourth-order valence-corrected chi connectivity index (χ4v) is 4.39. The second-order valence-corrected chi connectivity index (χ2v) is 7.43. The molecule has 1 aliphatic heterocycles. The van der Waals surface area contributed by atoms with Crippen molar-refractivity contribution in [3.8, 4) is 0 Å². The van der Waals surface area contributed by atoms with Gasteiger partial charge in [-0.25, -0.2) is 8.42 Å². The monoisotopic (exact) mass is 299 g/mol. The number of nitrogens with zero attached hydrogens (tertiary/aromatic N) is 2. The zero-order valence-corrected chi connectivity index (χ0v) is 12.5. The summed E-state index contributed by atoms with van der Waals surface area (Å²) in [5.74, 6) is 0.378. The molecule has 0 unspecified atom stereocenters. The van der Waals surface area contributed by atoms with Gasteiger partial charge in [-0.1, -0.05) is 0 Å². The van der Waals surface area contributed by atoms with Crippen LogP contribution in [0.25, 0.3) is 0 Å². The van der Waals surface area contributed by atoms with Gasteiger partial charge in [-0.15, -0.1) is 0 Å². The fourth-order valence-electron chi connectivity index (χ4n) is 2.66. The Morgan fingerprint density at radius 1 is 1.55 bits per heavy atom. The Morgan fingerprint density at radius 3 is 2.90 bits per heavy atom. The van der Waals surface area contributed by atoms with E-state index in [0.717, 1.165) is 18.4 Å². The fraction of sp³-hybridized carbons (Fsp3) is 0.692. The highest BCUT2D eigenvalue weighted by Gasteiger charge is 2.33. The van der Waals surface area contributed by atoms with E-state index in [-0.39, 0.29) is 23.5 Å². The molecule has 20 heavy (non-hydrogen) atoms. The summed E-state index contributed by atoms with van der Waals surface area (Å²) in [6.45, 7) is 2.48. The molecule has 1 aromatic rings. The lowest BCUT2D eigenvalue weighted by Crippen LogP contribution is -2.40. The van der Waals surface area contributed by atoms with Crippen LogP contribution in [0.1, 0.15) is 31.7 Å². The normalized spacial score (nSPS) is 20.9. The van der Waals surface area contributed by atoms with Gasteiger partial charge in [0, 0.05) is 25.2 Å². The molecule has 0 bridgehead atoms. The molecule has 112 valence electrons. The van der Waals surface area contributed by atoms with Gasteiger partial charge < -0.3 is 4.90 Å². The minimum absolute atomic E-state index is 0.0538. The van der Waals surface area contributed by atoms with E-state index in [4.69, 9.17) is 0 Å². The summed E-state index contributed by atoms with van der Waals surface area (Å²) in [5, 5.41) is 6.61. The maximum absolute atomic E-state index is 12.2. The zero-order valence-electron chi connectivity index (χ0n) is 11.7. The number of sulfone groups is 1. The van der Waals surface area contributed by atoms with Crippen LogP contribution < -0.4 is 0 Å². The highest BCUT2D eigenvalue weighted by atomic mass is 32.2. The number of carbonyl (C=O) groups excluding carboxylic acids is 1. The first-order valence-electron chi connectivity index (χ1n) is 6.99. The number of aromatic nitrogens is 2. The summed E-state index contributed by atoms with van der Waals surface area (Å²) in [5.41, 5.74) is 1.09. The molecule has 0 radical (unpaired) electrons. The lowest BCUT2D eigenvalue weighted by molar-refractivity contribution is -0.132. The minimum Gasteiger partial charge on any atom is -0.339 e. The number of rotatable bonds is 6. The van der Waals surface area contributed by atoms with Crippen molar-refractivity contribution in [3.63, 3.8) is 0 Å². The van der Waals surface area contributed by atoms with E-state index in [0.29, 0.717) is 19.4 Å². The Bertz CT molecular complexity index is 539. The van der Waals surface area contributed by atoms with Gasteiger partial charge in [-0.3, -0.25) is 9.89 Å². The van der Waals surface area contributed by atoms with E-state index in [9.17, 15) is 13.2 Å². The van der Waals surface area contributed by atoms with E-state index >= 15 is 0 Å². The maximum atomic E-state index is 12.2. The van der Waals surface area contributed by atoms with Crippen molar-refractivity contribution in [3.05, 3.63) is 18.0 Å². The van der Waals surface area contributed by atoms with Gasteiger partial charge in [0.1, 0.15) is 0 Å². The van der Waals surface area contributed by atoms with Crippen molar-refractivity contribution in [1.29, 1.82) is 0 Å². The zero-order chi connectivity index (χ0) is 14.6. The molecule has 1 aliphatic rings. The Kier molecular flexibility index (Phi) is 4.80. The summed E-state index contributed by atoms with van der Waals surface area (Å²) >= 11 is 0. The third-order valence-corrected chi connectivity index (χ3v) is 5.47. The van der Waals surface area contributed by atoms with Crippen LogP contribution in [0.2, 0.25) is 0 Å². The molecule has 0 aliphatic carbocycles. The second-order valence-electron chi connectivity index (χ2n) is 5.20. The molecular formula is C13H21N3O3S. The number of aromatic amines is 1. The van der Waals surface area contributed by atoms with E-state index in [1.807, 2.05) is 13.1 Å². The molecule has 6 nitrogen and oxygen atoms in total. The van der Waals surface area contributed by atoms with Gasteiger partial charge in [0.05, 0.1) is 17.7 Å². The number of aryl methyl sites for hydroxylation is 1. The standard InChI is InChI=1S/C13H21N3O3S/c1-2-16(12-6-7-20(18,19)10-12)13(17)5-3-4-11-8-14-15-9-11/h8-9,12H,2-7,10H2,1H3,(H,14,15)/t12-/m0/s1. The molecule has 1 amide bonds. The molecular weight excluding hydrogens is 278 g/mol. The molecule has 2 heterocycles. The molecule has 2 rings (SSSR count). The first-order valence-corrected chi connectivity index (χ1v) is 8.81. The van der Waals surface area contributed by atoms with E-state index in [1.54, 1.807) is 11.1 Å². The van der Waals surface area contributed by atoms with Gasteiger partial charge in [0.15, 0.2) is 9.84 Å². The van der Waals surface area contributed by atoms with Crippen LogP contribution in [-0.4, -0.2) is 53.5 Å². The van der Waals surface area contributed by atoms with Gasteiger partial charge >= 0.3 is 0 Å². The third-order valence-electron chi connectivity index (χ3n) is 3.72. The van der Waals surface area contributed by atoms with Crippen molar-refractivity contribution >= 4 is 15.7 Å². The van der Waals surface area contributed by atoms with E-state index < -0.39 is 9.84 Å². The lowest BCUT2D eigenvalue weighted by Gasteiger charge is -2.26. The smallest absolute Gasteiger partial charge is 0.222 e. The third kappa shape index (κ3) is 3.82. The Labute approximate surface area is 119 Å². The Morgan fingerprint density at radius 2 is 2.35 bits per heavy atom. The van der Waals surface area contributed by atoms with Crippen LogP contribution in [0.3, 0.4) is 0 Å². The lowest BCUT2D eigenvalue weighted by atomic mass is 10.1. The molecule has 1 fully saturated rings. The molecule has 7 heteroatoms.